The molecule has 1 aromatic heterocycles. The summed E-state index contributed by atoms with van der Waals surface area (Å²) in [5.74, 6) is 0.688. The first-order valence-corrected chi connectivity index (χ1v) is 11.7. The number of esters is 1. The van der Waals surface area contributed by atoms with Gasteiger partial charge in [-0.05, 0) is 49.1 Å². The first-order valence-electron chi connectivity index (χ1n) is 10.3. The van der Waals surface area contributed by atoms with Crippen molar-refractivity contribution >= 4 is 21.8 Å². The minimum Gasteiger partial charge on any atom is -0.462 e. The molecule has 0 atom stereocenters. The number of pyridine rings is 1. The van der Waals surface area contributed by atoms with Crippen LogP contribution in [-0.2, 0) is 14.8 Å². The van der Waals surface area contributed by atoms with Gasteiger partial charge >= 0.3 is 5.97 Å². The molecular weight excluding hydrogens is 402 g/mol. The summed E-state index contributed by atoms with van der Waals surface area (Å²) in [5, 5.41) is 0. The van der Waals surface area contributed by atoms with Gasteiger partial charge in [0.2, 0.25) is 10.0 Å². The van der Waals surface area contributed by atoms with Gasteiger partial charge in [-0.2, -0.15) is 4.31 Å². The molecule has 0 saturated carbocycles. The van der Waals surface area contributed by atoms with Gasteiger partial charge in [-0.15, -0.1) is 0 Å². The molecule has 162 valence electrons. The van der Waals surface area contributed by atoms with Crippen molar-refractivity contribution in [2.75, 3.05) is 37.7 Å². The molecule has 1 aliphatic heterocycles. The summed E-state index contributed by atoms with van der Waals surface area (Å²) in [6.45, 7) is 8.33. The number of sulfonamides is 1. The zero-order valence-corrected chi connectivity index (χ0v) is 18.6. The third kappa shape index (κ3) is 4.99. The van der Waals surface area contributed by atoms with Gasteiger partial charge in [0.05, 0.1) is 17.1 Å². The van der Waals surface area contributed by atoms with Gasteiger partial charge in [0, 0.05) is 32.4 Å². The molecule has 1 aliphatic rings. The number of hydrogen-bond donors (Lipinski definition) is 0. The van der Waals surface area contributed by atoms with Crippen LogP contribution in [0.1, 0.15) is 49.0 Å². The molecule has 0 radical (unpaired) electrons. The Hall–Kier alpha value is -2.45. The summed E-state index contributed by atoms with van der Waals surface area (Å²) < 4.78 is 32.7. The zero-order valence-electron chi connectivity index (χ0n) is 17.7. The lowest BCUT2D eigenvalue weighted by molar-refractivity contribution is 0.0526. The Labute approximate surface area is 178 Å². The van der Waals surface area contributed by atoms with Crippen molar-refractivity contribution in [2.24, 2.45) is 0 Å². The Balaban J connectivity index is 1.69. The fraction of sp³-hybridized carbons (Fsp3) is 0.455. The Morgan fingerprint density at radius 3 is 2.40 bits per heavy atom. The minimum atomic E-state index is -3.53. The molecule has 2 aromatic rings. The highest BCUT2D eigenvalue weighted by molar-refractivity contribution is 7.89. The Bertz CT molecular complexity index is 957. The molecule has 7 nitrogen and oxygen atoms in total. The maximum absolute atomic E-state index is 13.1. The molecule has 1 saturated heterocycles. The number of carbonyl (C=O) groups is 1. The standard InChI is InChI=1S/C22H29N3O4S/c1-4-29-22(26)19-8-11-21(23-16-19)24-12-5-13-25(15-14-24)30(27,28)20-9-6-18(7-10-20)17(2)3/h6-11,16-17H,4-5,12-15H2,1-3H3. The van der Waals surface area contributed by atoms with Gasteiger partial charge in [0.1, 0.15) is 5.82 Å². The van der Waals surface area contributed by atoms with E-state index >= 15 is 0 Å². The van der Waals surface area contributed by atoms with Crippen LogP contribution in [0.4, 0.5) is 5.82 Å². The van der Waals surface area contributed by atoms with Gasteiger partial charge in [-0.3, -0.25) is 0 Å². The quantitative estimate of drug-likeness (QED) is 0.653. The van der Waals surface area contributed by atoms with E-state index in [1.54, 1.807) is 35.5 Å². The smallest absolute Gasteiger partial charge is 0.339 e. The third-order valence-electron chi connectivity index (χ3n) is 5.22. The molecule has 0 amide bonds. The lowest BCUT2D eigenvalue weighted by Crippen LogP contribution is -2.35. The highest BCUT2D eigenvalue weighted by Crippen LogP contribution is 2.22. The first kappa shape index (κ1) is 22.2. The number of carbonyl (C=O) groups excluding carboxylic acids is 1. The van der Waals surface area contributed by atoms with Gasteiger partial charge in [-0.25, -0.2) is 18.2 Å². The topological polar surface area (TPSA) is 79.8 Å². The van der Waals surface area contributed by atoms with Crippen molar-refractivity contribution in [1.29, 1.82) is 0 Å². The van der Waals surface area contributed by atoms with Crippen LogP contribution in [0.15, 0.2) is 47.5 Å². The summed E-state index contributed by atoms with van der Waals surface area (Å²) in [6, 6.07) is 10.6. The van der Waals surface area contributed by atoms with Crippen molar-refractivity contribution in [2.45, 2.75) is 38.0 Å². The normalized spacial score (nSPS) is 15.8. The summed E-state index contributed by atoms with van der Waals surface area (Å²) in [7, 11) is -3.53. The third-order valence-corrected chi connectivity index (χ3v) is 7.14. The van der Waals surface area contributed by atoms with Crippen LogP contribution in [0.25, 0.3) is 0 Å². The molecule has 0 unspecified atom stereocenters. The second-order valence-corrected chi connectivity index (χ2v) is 9.53. The molecule has 0 N–H and O–H groups in total. The summed E-state index contributed by atoms with van der Waals surface area (Å²) in [4.78, 5) is 18.5. The highest BCUT2D eigenvalue weighted by Gasteiger charge is 2.27. The van der Waals surface area contributed by atoms with Crippen LogP contribution in [0.2, 0.25) is 0 Å². The van der Waals surface area contributed by atoms with Crippen LogP contribution in [0.5, 0.6) is 0 Å². The Morgan fingerprint density at radius 1 is 1.07 bits per heavy atom. The number of aromatic nitrogens is 1. The van der Waals surface area contributed by atoms with Crippen LogP contribution >= 0.6 is 0 Å². The maximum atomic E-state index is 13.1. The number of benzene rings is 1. The molecule has 8 heteroatoms. The average molecular weight is 432 g/mol. The second-order valence-electron chi connectivity index (χ2n) is 7.59. The van der Waals surface area contributed by atoms with E-state index in [1.807, 2.05) is 17.0 Å². The van der Waals surface area contributed by atoms with Crippen molar-refractivity contribution in [1.82, 2.24) is 9.29 Å². The van der Waals surface area contributed by atoms with Crippen LogP contribution in [-0.4, -0.2) is 56.5 Å². The number of ether oxygens (including phenoxy) is 1. The molecule has 0 aliphatic carbocycles. The van der Waals surface area contributed by atoms with E-state index in [1.165, 1.54) is 6.20 Å². The highest BCUT2D eigenvalue weighted by atomic mass is 32.2. The summed E-state index contributed by atoms with van der Waals surface area (Å²) >= 11 is 0. The van der Waals surface area contributed by atoms with Gasteiger partial charge in [0.25, 0.3) is 0 Å². The van der Waals surface area contributed by atoms with Crippen molar-refractivity contribution in [3.05, 3.63) is 53.7 Å². The van der Waals surface area contributed by atoms with E-state index in [2.05, 4.69) is 18.8 Å². The molecular formula is C22H29N3O4S. The molecule has 1 aromatic carbocycles. The predicted molar refractivity (Wildman–Crippen MR) is 116 cm³/mol. The van der Waals surface area contributed by atoms with E-state index in [-0.39, 0.29) is 0 Å². The fourth-order valence-corrected chi connectivity index (χ4v) is 4.91. The van der Waals surface area contributed by atoms with Crippen LogP contribution < -0.4 is 4.90 Å². The van der Waals surface area contributed by atoms with Gasteiger partial charge in [-0.1, -0.05) is 26.0 Å². The number of rotatable bonds is 6. The lowest BCUT2D eigenvalue weighted by Gasteiger charge is -2.23. The van der Waals surface area contributed by atoms with E-state index in [0.29, 0.717) is 55.6 Å². The SMILES string of the molecule is CCOC(=O)c1ccc(N2CCCN(S(=O)(=O)c3ccc(C(C)C)cc3)CC2)nc1. The first-order chi connectivity index (χ1) is 14.3. The van der Waals surface area contributed by atoms with Gasteiger partial charge in [0.15, 0.2) is 0 Å². The second kappa shape index (κ2) is 9.57. The zero-order chi connectivity index (χ0) is 21.7. The lowest BCUT2D eigenvalue weighted by atomic mass is 10.0. The van der Waals surface area contributed by atoms with Crippen molar-refractivity contribution in [3.8, 4) is 0 Å². The average Bonchev–Trinajstić information content (AvgIpc) is 3.01. The number of hydrogen-bond acceptors (Lipinski definition) is 6. The number of nitrogens with zero attached hydrogens (tertiary/aromatic N) is 3. The summed E-state index contributed by atoms with van der Waals surface area (Å²) in [6.07, 6.45) is 2.20. The molecule has 1 fully saturated rings. The minimum absolute atomic E-state index is 0.317. The van der Waals surface area contributed by atoms with Crippen LogP contribution in [0, 0.1) is 0 Å². The molecule has 30 heavy (non-hydrogen) atoms. The van der Waals surface area contributed by atoms with E-state index < -0.39 is 16.0 Å². The fourth-order valence-electron chi connectivity index (χ4n) is 3.45. The monoisotopic (exact) mass is 431 g/mol. The largest absolute Gasteiger partial charge is 0.462 e. The Morgan fingerprint density at radius 2 is 1.80 bits per heavy atom. The predicted octanol–water partition coefficient (Wildman–Crippen LogP) is 3.28. The molecule has 0 spiro atoms. The summed E-state index contributed by atoms with van der Waals surface area (Å²) in [5.41, 5.74) is 1.53. The van der Waals surface area contributed by atoms with E-state index in [0.717, 1.165) is 11.4 Å². The van der Waals surface area contributed by atoms with Crippen LogP contribution in [0.3, 0.4) is 0 Å². The number of anilines is 1. The van der Waals surface area contributed by atoms with E-state index in [9.17, 15) is 13.2 Å². The van der Waals surface area contributed by atoms with E-state index in [4.69, 9.17) is 4.74 Å². The van der Waals surface area contributed by atoms with Gasteiger partial charge < -0.3 is 9.64 Å². The molecule has 0 bridgehead atoms. The van der Waals surface area contributed by atoms with Crippen molar-refractivity contribution < 1.29 is 17.9 Å². The Kier molecular flexibility index (Phi) is 7.10. The molecule has 2 heterocycles. The maximum Gasteiger partial charge on any atom is 0.339 e. The molecule has 3 rings (SSSR count). The van der Waals surface area contributed by atoms with Crippen molar-refractivity contribution in [3.63, 3.8) is 0 Å².